The van der Waals surface area contributed by atoms with Crippen molar-refractivity contribution in [2.75, 3.05) is 6.61 Å². The zero-order valence-electron chi connectivity index (χ0n) is 8.41. The second-order valence-electron chi connectivity index (χ2n) is 3.77. The van der Waals surface area contributed by atoms with Gasteiger partial charge in [0.1, 0.15) is 0 Å². The van der Waals surface area contributed by atoms with E-state index in [1.807, 2.05) is 24.3 Å². The lowest BCUT2D eigenvalue weighted by molar-refractivity contribution is -0.144. The molecule has 1 aromatic carbocycles. The van der Waals surface area contributed by atoms with E-state index >= 15 is 0 Å². The molecule has 80 valence electrons. The lowest BCUT2D eigenvalue weighted by Crippen LogP contribution is -2.13. The minimum atomic E-state index is -0.0742. The monoisotopic (exact) mass is 268 g/mol. The molecular weight excluding hydrogens is 256 g/mol. The molecule has 3 heteroatoms. The molecule has 0 amide bonds. The molecule has 15 heavy (non-hydrogen) atoms. The fourth-order valence-corrected chi connectivity index (χ4v) is 2.10. The first-order valence-electron chi connectivity index (χ1n) is 5.19. The smallest absolute Gasteiger partial charge is 0.313 e. The van der Waals surface area contributed by atoms with Crippen LogP contribution in [0.5, 0.6) is 0 Å². The molecule has 1 atom stereocenters. The van der Waals surface area contributed by atoms with Gasteiger partial charge in [0.2, 0.25) is 0 Å². The van der Waals surface area contributed by atoms with Gasteiger partial charge in [-0.3, -0.25) is 4.79 Å². The molecule has 0 radical (unpaired) electrons. The van der Waals surface area contributed by atoms with Gasteiger partial charge in [-0.15, -0.1) is 0 Å². The Bertz CT molecular complexity index is 345. The minimum absolute atomic E-state index is 0.0689. The quantitative estimate of drug-likeness (QED) is 0.731. The molecular formula is C12H13BrO2. The van der Waals surface area contributed by atoms with Crippen LogP contribution in [0.4, 0.5) is 0 Å². The first kappa shape index (κ1) is 10.7. The van der Waals surface area contributed by atoms with Crippen LogP contribution in [0.2, 0.25) is 0 Å². The summed E-state index contributed by atoms with van der Waals surface area (Å²) in [6.45, 7) is 0.575. The summed E-state index contributed by atoms with van der Waals surface area (Å²) in [5.41, 5.74) is 1.06. The van der Waals surface area contributed by atoms with E-state index in [9.17, 15) is 4.79 Å². The number of cyclic esters (lactones) is 1. The molecule has 1 aliphatic heterocycles. The van der Waals surface area contributed by atoms with Gasteiger partial charge in [-0.05, 0) is 37.0 Å². The van der Waals surface area contributed by atoms with E-state index in [4.69, 9.17) is 4.74 Å². The van der Waals surface area contributed by atoms with Gasteiger partial charge in [0, 0.05) is 4.47 Å². The van der Waals surface area contributed by atoms with Crippen molar-refractivity contribution in [2.24, 2.45) is 0 Å². The van der Waals surface area contributed by atoms with Gasteiger partial charge in [0.15, 0.2) is 0 Å². The van der Waals surface area contributed by atoms with Crippen LogP contribution in [0.25, 0.3) is 0 Å². The largest absolute Gasteiger partial charge is 0.465 e. The molecule has 2 nitrogen and oxygen atoms in total. The van der Waals surface area contributed by atoms with Gasteiger partial charge in [-0.25, -0.2) is 0 Å². The van der Waals surface area contributed by atoms with Crippen LogP contribution in [0, 0.1) is 0 Å². The van der Waals surface area contributed by atoms with Gasteiger partial charge in [0.25, 0.3) is 0 Å². The first-order valence-corrected chi connectivity index (χ1v) is 5.99. The highest BCUT2D eigenvalue weighted by Gasteiger charge is 2.23. The fourth-order valence-electron chi connectivity index (χ4n) is 1.84. The Balaban J connectivity index is 2.20. The van der Waals surface area contributed by atoms with Crippen LogP contribution in [-0.4, -0.2) is 12.6 Å². The van der Waals surface area contributed by atoms with Crippen LogP contribution >= 0.6 is 15.9 Å². The van der Waals surface area contributed by atoms with E-state index in [-0.39, 0.29) is 11.9 Å². The van der Waals surface area contributed by atoms with Crippen molar-refractivity contribution in [1.29, 1.82) is 0 Å². The number of hydrogen-bond donors (Lipinski definition) is 0. The number of ether oxygens (including phenoxy) is 1. The summed E-state index contributed by atoms with van der Waals surface area (Å²) in [5, 5.41) is 0. The Labute approximate surface area is 97.8 Å². The zero-order chi connectivity index (χ0) is 10.7. The van der Waals surface area contributed by atoms with Gasteiger partial charge in [-0.2, -0.15) is 0 Å². The van der Waals surface area contributed by atoms with Crippen LogP contribution in [-0.2, 0) is 9.53 Å². The fraction of sp³-hybridized carbons (Fsp3) is 0.417. The van der Waals surface area contributed by atoms with E-state index in [1.54, 1.807) is 0 Å². The highest BCUT2D eigenvalue weighted by atomic mass is 79.9. The number of rotatable bonds is 1. The average Bonchev–Trinajstić information content (AvgIpc) is 2.44. The number of carbonyl (C=O) groups excluding carboxylic acids is 1. The van der Waals surface area contributed by atoms with Gasteiger partial charge < -0.3 is 4.74 Å². The summed E-state index contributed by atoms with van der Waals surface area (Å²) in [4.78, 5) is 11.7. The van der Waals surface area contributed by atoms with Crippen molar-refractivity contribution in [3.05, 3.63) is 34.3 Å². The number of benzene rings is 1. The SMILES string of the molecule is O=C1OCCCC[C@@H]1c1ccc(Br)cc1. The maximum Gasteiger partial charge on any atom is 0.313 e. The van der Waals surface area contributed by atoms with Crippen LogP contribution in [0.15, 0.2) is 28.7 Å². The van der Waals surface area contributed by atoms with Crippen molar-refractivity contribution in [1.82, 2.24) is 0 Å². The number of esters is 1. The summed E-state index contributed by atoms with van der Waals surface area (Å²) in [6, 6.07) is 7.91. The lowest BCUT2D eigenvalue weighted by atomic mass is 9.94. The number of hydrogen-bond acceptors (Lipinski definition) is 2. The van der Waals surface area contributed by atoms with E-state index in [0.29, 0.717) is 6.61 Å². The van der Waals surface area contributed by atoms with Crippen molar-refractivity contribution in [3.8, 4) is 0 Å². The Morgan fingerprint density at radius 3 is 2.67 bits per heavy atom. The Morgan fingerprint density at radius 1 is 1.20 bits per heavy atom. The van der Waals surface area contributed by atoms with Crippen molar-refractivity contribution in [3.63, 3.8) is 0 Å². The summed E-state index contributed by atoms with van der Waals surface area (Å²) in [7, 11) is 0. The molecule has 1 fully saturated rings. The minimum Gasteiger partial charge on any atom is -0.465 e. The van der Waals surface area contributed by atoms with Crippen LogP contribution in [0.3, 0.4) is 0 Å². The highest BCUT2D eigenvalue weighted by molar-refractivity contribution is 9.10. The third-order valence-corrected chi connectivity index (χ3v) is 3.22. The molecule has 0 N–H and O–H groups in total. The molecule has 0 spiro atoms. The van der Waals surface area contributed by atoms with Crippen molar-refractivity contribution >= 4 is 21.9 Å². The molecule has 0 saturated carbocycles. The molecule has 0 aliphatic carbocycles. The molecule has 2 rings (SSSR count). The van der Waals surface area contributed by atoms with E-state index < -0.39 is 0 Å². The normalized spacial score (nSPS) is 21.9. The molecule has 0 aromatic heterocycles. The predicted octanol–water partition coefficient (Wildman–Crippen LogP) is 3.26. The van der Waals surface area contributed by atoms with E-state index in [1.165, 1.54) is 0 Å². The third-order valence-electron chi connectivity index (χ3n) is 2.69. The summed E-state index contributed by atoms with van der Waals surface area (Å²) >= 11 is 3.38. The average molecular weight is 269 g/mol. The summed E-state index contributed by atoms with van der Waals surface area (Å²) in [5.74, 6) is -0.143. The molecule has 1 aliphatic rings. The van der Waals surface area contributed by atoms with E-state index in [2.05, 4.69) is 15.9 Å². The predicted molar refractivity (Wildman–Crippen MR) is 61.7 cm³/mol. The maximum atomic E-state index is 11.7. The second-order valence-corrected chi connectivity index (χ2v) is 4.68. The topological polar surface area (TPSA) is 26.3 Å². The summed E-state index contributed by atoms with van der Waals surface area (Å²) in [6.07, 6.45) is 2.95. The molecule has 1 saturated heterocycles. The number of halogens is 1. The lowest BCUT2D eigenvalue weighted by Gasteiger charge is -2.12. The Kier molecular flexibility index (Phi) is 3.41. The van der Waals surface area contributed by atoms with E-state index in [0.717, 1.165) is 29.3 Å². The summed E-state index contributed by atoms with van der Waals surface area (Å²) < 4.78 is 6.18. The number of carbonyl (C=O) groups is 1. The standard InChI is InChI=1S/C12H13BrO2/c13-10-6-4-9(5-7-10)11-3-1-2-8-15-12(11)14/h4-7,11H,1-3,8H2/t11-/m1/s1. The van der Waals surface area contributed by atoms with Crippen molar-refractivity contribution < 1.29 is 9.53 Å². The second kappa shape index (κ2) is 4.79. The third kappa shape index (κ3) is 2.59. The zero-order valence-corrected chi connectivity index (χ0v) is 10.00. The Hall–Kier alpha value is -0.830. The maximum absolute atomic E-state index is 11.7. The van der Waals surface area contributed by atoms with Gasteiger partial charge in [-0.1, -0.05) is 28.1 Å². The Morgan fingerprint density at radius 2 is 1.93 bits per heavy atom. The molecule has 1 aromatic rings. The molecule has 0 bridgehead atoms. The van der Waals surface area contributed by atoms with Crippen LogP contribution in [0.1, 0.15) is 30.7 Å². The van der Waals surface area contributed by atoms with Crippen LogP contribution < -0.4 is 0 Å². The first-order chi connectivity index (χ1) is 7.27. The highest BCUT2D eigenvalue weighted by Crippen LogP contribution is 2.27. The van der Waals surface area contributed by atoms with Crippen molar-refractivity contribution in [2.45, 2.75) is 25.2 Å². The van der Waals surface area contributed by atoms with Gasteiger partial charge in [0.05, 0.1) is 12.5 Å². The molecule has 0 unspecified atom stereocenters. The van der Waals surface area contributed by atoms with Gasteiger partial charge >= 0.3 is 5.97 Å². The molecule has 1 heterocycles.